The molecule has 0 spiro atoms. The molecule has 1 aliphatic rings. The van der Waals surface area contributed by atoms with E-state index in [1.54, 1.807) is 18.2 Å². The van der Waals surface area contributed by atoms with Gasteiger partial charge in [0.05, 0.1) is 4.91 Å². The van der Waals surface area contributed by atoms with Gasteiger partial charge in [-0.1, -0.05) is 30.0 Å². The maximum absolute atomic E-state index is 13.1. The van der Waals surface area contributed by atoms with E-state index in [0.29, 0.717) is 15.0 Å². The van der Waals surface area contributed by atoms with Gasteiger partial charge in [0.2, 0.25) is 0 Å². The summed E-state index contributed by atoms with van der Waals surface area (Å²) >= 11 is 6.74. The second-order valence-electron chi connectivity index (χ2n) is 8.13. The third kappa shape index (κ3) is 5.08. The molecule has 0 aliphatic carbocycles. The molecule has 2 amide bonds. The molecule has 0 radical (unpaired) electrons. The fourth-order valence-electron chi connectivity index (χ4n) is 3.62. The molecule has 1 saturated heterocycles. The minimum atomic E-state index is -0.244. The Kier molecular flexibility index (Phi) is 6.90. The van der Waals surface area contributed by atoms with Gasteiger partial charge in [0, 0.05) is 17.1 Å². The van der Waals surface area contributed by atoms with E-state index in [1.807, 2.05) is 74.8 Å². The van der Waals surface area contributed by atoms with E-state index in [9.17, 15) is 9.59 Å². The van der Waals surface area contributed by atoms with Gasteiger partial charge in [-0.3, -0.25) is 14.3 Å². The Morgan fingerprint density at radius 2 is 1.76 bits per heavy atom. The van der Waals surface area contributed by atoms with Crippen LogP contribution in [0.25, 0.3) is 6.08 Å². The van der Waals surface area contributed by atoms with E-state index in [-0.39, 0.29) is 18.4 Å². The number of ether oxygens (including phenoxy) is 1. The van der Waals surface area contributed by atoms with Crippen molar-refractivity contribution in [3.8, 4) is 5.75 Å². The Morgan fingerprint density at radius 1 is 1.03 bits per heavy atom. The molecule has 2 aromatic carbocycles. The number of thiocarbonyl (C=S) groups is 1. The van der Waals surface area contributed by atoms with E-state index in [2.05, 4.69) is 5.32 Å². The lowest BCUT2D eigenvalue weighted by Crippen LogP contribution is -2.39. The standard InChI is InChI=1S/C26H25N3O3S2/c1-16-8-11-21(12-17(16)2)27-24(30)15-32-22-7-5-6-20(13-22)14-23-25(31)29(26(33)34-23)28-18(3)9-10-19(28)4/h5-14H,15H2,1-4H3,(H,27,30)/b23-14-. The molecule has 6 nitrogen and oxygen atoms in total. The fraction of sp³-hybridized carbons (Fsp3) is 0.192. The molecule has 1 aliphatic heterocycles. The van der Waals surface area contributed by atoms with Crippen molar-refractivity contribution in [1.29, 1.82) is 0 Å². The molecule has 0 unspecified atom stereocenters. The summed E-state index contributed by atoms with van der Waals surface area (Å²) in [6.45, 7) is 7.78. The topological polar surface area (TPSA) is 63.6 Å². The zero-order chi connectivity index (χ0) is 24.4. The van der Waals surface area contributed by atoms with Crippen molar-refractivity contribution in [2.45, 2.75) is 27.7 Å². The van der Waals surface area contributed by atoms with Crippen LogP contribution in [0.5, 0.6) is 5.75 Å². The number of carbonyl (C=O) groups is 2. The minimum absolute atomic E-state index is 0.120. The van der Waals surface area contributed by atoms with Crippen LogP contribution in [0.2, 0.25) is 0 Å². The second-order valence-corrected chi connectivity index (χ2v) is 9.81. The van der Waals surface area contributed by atoms with E-state index < -0.39 is 0 Å². The van der Waals surface area contributed by atoms with Crippen molar-refractivity contribution in [3.05, 3.63) is 87.6 Å². The van der Waals surface area contributed by atoms with Crippen molar-refractivity contribution < 1.29 is 14.3 Å². The third-order valence-electron chi connectivity index (χ3n) is 5.52. The average Bonchev–Trinajstić information content (AvgIpc) is 3.26. The van der Waals surface area contributed by atoms with Gasteiger partial charge >= 0.3 is 0 Å². The Balaban J connectivity index is 1.43. The highest BCUT2D eigenvalue weighted by Crippen LogP contribution is 2.33. The molecule has 1 fully saturated rings. The lowest BCUT2D eigenvalue weighted by atomic mass is 10.1. The predicted octanol–water partition coefficient (Wildman–Crippen LogP) is 5.28. The number of nitrogens with zero attached hydrogens (tertiary/aromatic N) is 2. The highest BCUT2D eigenvalue weighted by molar-refractivity contribution is 8.27. The first-order valence-electron chi connectivity index (χ1n) is 10.8. The SMILES string of the molecule is Cc1ccc(NC(=O)COc2cccc(/C=C3\SC(=S)N(n4c(C)ccc4C)C3=O)c2)cc1C. The van der Waals surface area contributed by atoms with E-state index in [1.165, 1.54) is 22.3 Å². The first-order chi connectivity index (χ1) is 16.2. The molecule has 0 atom stereocenters. The molecule has 3 aromatic rings. The zero-order valence-electron chi connectivity index (χ0n) is 19.4. The molecule has 0 saturated carbocycles. The van der Waals surface area contributed by atoms with Crippen molar-refractivity contribution >= 4 is 51.9 Å². The number of hydrogen-bond acceptors (Lipinski definition) is 5. The smallest absolute Gasteiger partial charge is 0.285 e. The Hall–Kier alpha value is -3.36. The number of carbonyl (C=O) groups excluding carboxylic acids is 2. The Bertz CT molecular complexity index is 1310. The van der Waals surface area contributed by atoms with Crippen molar-refractivity contribution in [2.24, 2.45) is 0 Å². The van der Waals surface area contributed by atoms with Crippen LogP contribution in [0.1, 0.15) is 28.1 Å². The van der Waals surface area contributed by atoms with Gasteiger partial charge in [-0.25, -0.2) is 0 Å². The molecule has 4 rings (SSSR count). The number of thioether (sulfide) groups is 1. The highest BCUT2D eigenvalue weighted by atomic mass is 32.2. The zero-order valence-corrected chi connectivity index (χ0v) is 21.0. The Morgan fingerprint density at radius 3 is 2.47 bits per heavy atom. The van der Waals surface area contributed by atoms with Crippen molar-refractivity contribution in [3.63, 3.8) is 0 Å². The largest absolute Gasteiger partial charge is 0.484 e. The number of rotatable bonds is 6. The lowest BCUT2D eigenvalue weighted by molar-refractivity contribution is -0.118. The van der Waals surface area contributed by atoms with Crippen LogP contribution in [-0.4, -0.2) is 27.4 Å². The number of benzene rings is 2. The highest BCUT2D eigenvalue weighted by Gasteiger charge is 2.34. The summed E-state index contributed by atoms with van der Waals surface area (Å²) in [4.78, 5) is 25.9. The summed E-state index contributed by atoms with van der Waals surface area (Å²) < 4.78 is 7.99. The molecule has 8 heteroatoms. The van der Waals surface area contributed by atoms with Crippen molar-refractivity contribution in [1.82, 2.24) is 4.68 Å². The number of aromatic nitrogens is 1. The normalized spacial score (nSPS) is 14.7. The number of aryl methyl sites for hydroxylation is 4. The molecule has 1 N–H and O–H groups in total. The van der Waals surface area contributed by atoms with Gasteiger partial charge < -0.3 is 10.1 Å². The van der Waals surface area contributed by atoms with Gasteiger partial charge in [-0.05, 0) is 99.1 Å². The number of nitrogens with one attached hydrogen (secondary N) is 1. The summed E-state index contributed by atoms with van der Waals surface area (Å²) in [5.41, 5.74) is 5.67. The van der Waals surface area contributed by atoms with Gasteiger partial charge in [0.15, 0.2) is 10.9 Å². The van der Waals surface area contributed by atoms with E-state index in [0.717, 1.165) is 28.2 Å². The third-order valence-corrected chi connectivity index (χ3v) is 6.81. The van der Waals surface area contributed by atoms with Crippen molar-refractivity contribution in [2.75, 3.05) is 16.9 Å². The summed E-state index contributed by atoms with van der Waals surface area (Å²) in [5.74, 6) is 0.125. The molecule has 1 aromatic heterocycles. The Labute approximate surface area is 208 Å². The molecule has 2 heterocycles. The first kappa shape index (κ1) is 23.8. The quantitative estimate of drug-likeness (QED) is 0.376. The summed E-state index contributed by atoms with van der Waals surface area (Å²) in [6, 6.07) is 16.9. The average molecular weight is 492 g/mol. The second kappa shape index (κ2) is 9.87. The molecule has 174 valence electrons. The minimum Gasteiger partial charge on any atom is -0.484 e. The van der Waals surface area contributed by atoms with Crippen LogP contribution >= 0.6 is 24.0 Å². The van der Waals surface area contributed by atoms with Crippen LogP contribution in [0.15, 0.2) is 59.5 Å². The summed E-state index contributed by atoms with van der Waals surface area (Å²) in [6.07, 6.45) is 1.79. The predicted molar refractivity (Wildman–Crippen MR) is 142 cm³/mol. The van der Waals surface area contributed by atoms with Gasteiger partial charge in [0.1, 0.15) is 5.75 Å². The number of hydrogen-bond donors (Lipinski definition) is 1. The van der Waals surface area contributed by atoms with Gasteiger partial charge in [0.25, 0.3) is 11.8 Å². The van der Waals surface area contributed by atoms with Crippen LogP contribution in [0, 0.1) is 27.7 Å². The monoisotopic (exact) mass is 491 g/mol. The van der Waals surface area contributed by atoms with E-state index >= 15 is 0 Å². The van der Waals surface area contributed by atoms with Crippen LogP contribution in [0.3, 0.4) is 0 Å². The van der Waals surface area contributed by atoms with Gasteiger partial charge in [-0.2, -0.15) is 5.01 Å². The number of anilines is 1. The van der Waals surface area contributed by atoms with E-state index in [4.69, 9.17) is 17.0 Å². The molecule has 34 heavy (non-hydrogen) atoms. The van der Waals surface area contributed by atoms with Crippen LogP contribution in [0.4, 0.5) is 5.69 Å². The first-order valence-corrected chi connectivity index (χ1v) is 12.0. The summed E-state index contributed by atoms with van der Waals surface area (Å²) in [5, 5.41) is 4.37. The number of amides is 2. The van der Waals surface area contributed by atoms with Gasteiger partial charge in [-0.15, -0.1) is 0 Å². The maximum atomic E-state index is 13.1. The molecular weight excluding hydrogens is 466 g/mol. The lowest BCUT2D eigenvalue weighted by Gasteiger charge is -2.20. The summed E-state index contributed by atoms with van der Waals surface area (Å²) in [7, 11) is 0. The maximum Gasteiger partial charge on any atom is 0.285 e. The molecule has 0 bridgehead atoms. The van der Waals surface area contributed by atoms with Crippen LogP contribution in [-0.2, 0) is 9.59 Å². The van der Waals surface area contributed by atoms with Crippen LogP contribution < -0.4 is 15.1 Å². The molecular formula is C26H25N3O3S2. The fourth-order valence-corrected chi connectivity index (χ4v) is 4.86.